The number of aryl methyl sites for hydroxylation is 2. The number of hydrogen-bond acceptors (Lipinski definition) is 7. The van der Waals surface area contributed by atoms with Gasteiger partial charge >= 0.3 is 12.1 Å². The number of hydrogen-bond donors (Lipinski definition) is 5. The smallest absolute Gasteiger partial charge is 0.475 e. The summed E-state index contributed by atoms with van der Waals surface area (Å²) in [6, 6.07) is 8.75. The Morgan fingerprint density at radius 3 is 2.64 bits per heavy atom. The minimum Gasteiger partial charge on any atom is -0.475 e. The van der Waals surface area contributed by atoms with Crippen molar-refractivity contribution in [2.75, 3.05) is 22.5 Å². The molecule has 0 unspecified atom stereocenters. The van der Waals surface area contributed by atoms with Crippen molar-refractivity contribution in [3.63, 3.8) is 0 Å². The van der Waals surface area contributed by atoms with E-state index in [1.54, 1.807) is 0 Å². The van der Waals surface area contributed by atoms with Crippen LogP contribution in [0.15, 0.2) is 24.3 Å². The van der Waals surface area contributed by atoms with E-state index in [4.69, 9.17) is 9.90 Å². The van der Waals surface area contributed by atoms with Crippen LogP contribution in [-0.4, -0.2) is 51.0 Å². The number of rotatable bonds is 5. The van der Waals surface area contributed by atoms with Crippen LogP contribution in [0.1, 0.15) is 42.6 Å². The van der Waals surface area contributed by atoms with E-state index in [0.717, 1.165) is 56.2 Å². The number of anilines is 3. The van der Waals surface area contributed by atoms with Crippen molar-refractivity contribution in [2.24, 2.45) is 0 Å². The lowest BCUT2D eigenvalue weighted by Crippen LogP contribution is -2.21. The number of carboxylic acids is 1. The number of aliphatic hydroxyl groups is 1. The van der Waals surface area contributed by atoms with Crippen LogP contribution >= 0.6 is 0 Å². The number of nitrogens with one attached hydrogen (secondary N) is 3. The standard InChI is InChI=1S/C20H27N5O.C2HF3O2/c1-13-23-18(11-19(24-13)25-16-7-8-17(26)10-16)22-12-15-5-2-4-14-6-3-9-21-20(14)15;3-2(4,5)1(6)7/h2,4-5,11,16-17,21,26H,3,6-10,12H2,1H3,(H2,22,23,24,25);(H,6,7)/t16-,17-;/m1./s1. The summed E-state index contributed by atoms with van der Waals surface area (Å²) < 4.78 is 31.7. The Morgan fingerprint density at radius 2 is 1.97 bits per heavy atom. The largest absolute Gasteiger partial charge is 0.490 e. The molecule has 2 heterocycles. The average molecular weight is 467 g/mol. The van der Waals surface area contributed by atoms with Gasteiger partial charge in [0.25, 0.3) is 0 Å². The molecule has 0 radical (unpaired) electrons. The molecule has 0 spiro atoms. The molecule has 4 rings (SSSR count). The van der Waals surface area contributed by atoms with Crippen molar-refractivity contribution >= 4 is 23.3 Å². The number of fused-ring (bicyclic) bond motifs is 1. The number of aromatic nitrogens is 2. The zero-order chi connectivity index (χ0) is 24.0. The molecule has 33 heavy (non-hydrogen) atoms. The van der Waals surface area contributed by atoms with Gasteiger partial charge in [0, 0.05) is 30.9 Å². The average Bonchev–Trinajstić information content (AvgIpc) is 3.16. The van der Waals surface area contributed by atoms with Gasteiger partial charge in [-0.2, -0.15) is 13.2 Å². The van der Waals surface area contributed by atoms with E-state index < -0.39 is 12.1 Å². The fourth-order valence-corrected chi connectivity index (χ4v) is 3.94. The molecule has 0 saturated heterocycles. The van der Waals surface area contributed by atoms with Crippen molar-refractivity contribution in [1.29, 1.82) is 0 Å². The third-order valence-electron chi connectivity index (χ3n) is 5.46. The normalized spacial score (nSPS) is 19.5. The summed E-state index contributed by atoms with van der Waals surface area (Å²) in [7, 11) is 0. The first-order valence-electron chi connectivity index (χ1n) is 10.8. The Bertz CT molecular complexity index is 971. The molecule has 0 amide bonds. The lowest BCUT2D eigenvalue weighted by atomic mass is 9.99. The van der Waals surface area contributed by atoms with Gasteiger partial charge in [-0.05, 0) is 50.2 Å². The Kier molecular flexibility index (Phi) is 7.96. The van der Waals surface area contributed by atoms with E-state index in [0.29, 0.717) is 0 Å². The molecule has 1 aromatic carbocycles. The van der Waals surface area contributed by atoms with Crippen LogP contribution in [0, 0.1) is 6.92 Å². The van der Waals surface area contributed by atoms with Crippen molar-refractivity contribution in [3.05, 3.63) is 41.2 Å². The fourth-order valence-electron chi connectivity index (χ4n) is 3.94. The molecule has 1 fully saturated rings. The minimum atomic E-state index is -5.08. The number of alkyl halides is 3. The number of benzene rings is 1. The third kappa shape index (κ3) is 7.21. The summed E-state index contributed by atoms with van der Waals surface area (Å²) in [5.74, 6) is -0.365. The van der Waals surface area contributed by atoms with Gasteiger partial charge in [0.1, 0.15) is 17.5 Å². The minimum absolute atomic E-state index is 0.190. The maximum atomic E-state index is 10.6. The van der Waals surface area contributed by atoms with Gasteiger partial charge in [0.15, 0.2) is 0 Å². The molecule has 1 aliphatic heterocycles. The number of para-hydroxylation sites is 1. The molecule has 11 heteroatoms. The number of halogens is 3. The van der Waals surface area contributed by atoms with Crippen molar-refractivity contribution in [3.8, 4) is 0 Å². The number of aliphatic carboxylic acids is 1. The van der Waals surface area contributed by atoms with Crippen LogP contribution in [0.3, 0.4) is 0 Å². The third-order valence-corrected chi connectivity index (χ3v) is 5.46. The van der Waals surface area contributed by atoms with E-state index in [-0.39, 0.29) is 12.1 Å². The Morgan fingerprint density at radius 1 is 1.24 bits per heavy atom. The highest BCUT2D eigenvalue weighted by atomic mass is 19.4. The summed E-state index contributed by atoms with van der Waals surface area (Å²) in [5, 5.41) is 27.2. The van der Waals surface area contributed by atoms with Crippen molar-refractivity contribution < 1.29 is 28.2 Å². The van der Waals surface area contributed by atoms with Crippen LogP contribution in [0.5, 0.6) is 0 Å². The van der Waals surface area contributed by atoms with E-state index in [1.165, 1.54) is 23.2 Å². The predicted molar refractivity (Wildman–Crippen MR) is 118 cm³/mol. The summed E-state index contributed by atoms with van der Waals surface area (Å²) >= 11 is 0. The van der Waals surface area contributed by atoms with Crippen LogP contribution < -0.4 is 16.0 Å². The van der Waals surface area contributed by atoms with Gasteiger partial charge in [-0.25, -0.2) is 14.8 Å². The van der Waals surface area contributed by atoms with Crippen LogP contribution in [0.4, 0.5) is 30.5 Å². The van der Waals surface area contributed by atoms with Gasteiger partial charge in [-0.1, -0.05) is 18.2 Å². The lowest BCUT2D eigenvalue weighted by molar-refractivity contribution is -0.192. The molecule has 180 valence electrons. The summed E-state index contributed by atoms with van der Waals surface area (Å²) in [4.78, 5) is 17.9. The maximum absolute atomic E-state index is 10.6. The number of nitrogens with zero attached hydrogens (tertiary/aromatic N) is 2. The van der Waals surface area contributed by atoms with Gasteiger partial charge in [0.05, 0.1) is 6.10 Å². The highest BCUT2D eigenvalue weighted by Crippen LogP contribution is 2.27. The molecule has 1 aliphatic carbocycles. The topological polar surface area (TPSA) is 119 Å². The molecule has 2 aromatic rings. The molecular weight excluding hydrogens is 439 g/mol. The first kappa shape index (κ1) is 24.6. The first-order chi connectivity index (χ1) is 15.6. The maximum Gasteiger partial charge on any atom is 0.490 e. The van der Waals surface area contributed by atoms with E-state index >= 15 is 0 Å². The monoisotopic (exact) mass is 467 g/mol. The van der Waals surface area contributed by atoms with Gasteiger partial charge in [0.2, 0.25) is 0 Å². The lowest BCUT2D eigenvalue weighted by Gasteiger charge is -2.21. The molecule has 5 N–H and O–H groups in total. The second-order valence-electron chi connectivity index (χ2n) is 8.13. The van der Waals surface area contributed by atoms with Crippen molar-refractivity contribution in [1.82, 2.24) is 9.97 Å². The zero-order valence-electron chi connectivity index (χ0n) is 18.2. The summed E-state index contributed by atoms with van der Waals surface area (Å²) in [5.41, 5.74) is 3.94. The zero-order valence-corrected chi connectivity index (χ0v) is 18.2. The Labute approximate surface area is 189 Å². The molecular formula is C22H28F3N5O3. The molecule has 2 atom stereocenters. The van der Waals surface area contributed by atoms with Gasteiger partial charge in [-0.15, -0.1) is 0 Å². The van der Waals surface area contributed by atoms with Crippen LogP contribution in [0.2, 0.25) is 0 Å². The quantitative estimate of drug-likeness (QED) is 0.452. The second kappa shape index (κ2) is 10.7. The van der Waals surface area contributed by atoms with Crippen LogP contribution in [0.25, 0.3) is 0 Å². The number of aliphatic hydroxyl groups excluding tert-OH is 1. The molecule has 1 aromatic heterocycles. The molecule has 8 nitrogen and oxygen atoms in total. The molecule has 1 saturated carbocycles. The fraction of sp³-hybridized carbons (Fsp3) is 0.500. The predicted octanol–water partition coefficient (Wildman–Crippen LogP) is 3.71. The highest BCUT2D eigenvalue weighted by molar-refractivity contribution is 5.73. The Balaban J connectivity index is 0.000000383. The van der Waals surface area contributed by atoms with E-state index in [1.807, 2.05) is 13.0 Å². The van der Waals surface area contributed by atoms with E-state index in [2.05, 4.69) is 44.1 Å². The second-order valence-corrected chi connectivity index (χ2v) is 8.13. The molecule has 0 bridgehead atoms. The summed E-state index contributed by atoms with van der Waals surface area (Å²) in [6.45, 7) is 3.68. The number of carboxylic acid groups (broad SMARTS) is 1. The SMILES string of the molecule is Cc1nc(NCc2cccc3c2NCCC3)cc(N[C@@H]2CC[C@@H](O)C2)n1.O=C(O)C(F)(F)F. The highest BCUT2D eigenvalue weighted by Gasteiger charge is 2.38. The van der Waals surface area contributed by atoms with Gasteiger partial charge < -0.3 is 26.2 Å². The molecule has 2 aliphatic rings. The first-order valence-corrected chi connectivity index (χ1v) is 10.8. The van der Waals surface area contributed by atoms with Crippen molar-refractivity contribution in [2.45, 2.75) is 63.9 Å². The Hall–Kier alpha value is -3.08. The number of carbonyl (C=O) groups is 1. The van der Waals surface area contributed by atoms with Crippen LogP contribution in [-0.2, 0) is 17.8 Å². The summed E-state index contributed by atoms with van der Waals surface area (Å²) in [6.07, 6.45) is -0.310. The van der Waals surface area contributed by atoms with Gasteiger partial charge in [-0.3, -0.25) is 0 Å². The van der Waals surface area contributed by atoms with E-state index in [9.17, 15) is 18.3 Å².